The lowest BCUT2D eigenvalue weighted by molar-refractivity contribution is -0.387. The summed E-state index contributed by atoms with van der Waals surface area (Å²) in [6.45, 7) is 0.539. The molecule has 25 heavy (non-hydrogen) atoms. The molecule has 0 aliphatic heterocycles. The SMILES string of the molecule is CC(=C=Cc1ccccc1)C(=O)C(F)(F)C(F)(F)C(F)(F)C(F)(F)F. The fourth-order valence-corrected chi connectivity index (χ4v) is 1.56. The van der Waals surface area contributed by atoms with Crippen molar-refractivity contribution in [2.24, 2.45) is 0 Å². The molecular formula is C15H9F9O. The Morgan fingerprint density at radius 1 is 0.880 bits per heavy atom. The van der Waals surface area contributed by atoms with Crippen molar-refractivity contribution in [3.63, 3.8) is 0 Å². The summed E-state index contributed by atoms with van der Waals surface area (Å²) in [6, 6.07) is 7.40. The number of allylic oxidation sites excluding steroid dienone is 1. The van der Waals surface area contributed by atoms with Crippen LogP contribution < -0.4 is 0 Å². The number of benzene rings is 1. The van der Waals surface area contributed by atoms with Gasteiger partial charge in [0.1, 0.15) is 0 Å². The zero-order valence-electron chi connectivity index (χ0n) is 12.3. The third-order valence-corrected chi connectivity index (χ3v) is 3.03. The average Bonchev–Trinajstić information content (AvgIpc) is 2.51. The van der Waals surface area contributed by atoms with Crippen molar-refractivity contribution in [2.75, 3.05) is 0 Å². The van der Waals surface area contributed by atoms with Crippen LogP contribution in [0.15, 0.2) is 41.6 Å². The molecule has 0 unspecified atom stereocenters. The molecule has 1 aromatic rings. The third kappa shape index (κ3) is 3.73. The van der Waals surface area contributed by atoms with Crippen molar-refractivity contribution < 1.29 is 44.3 Å². The first-order chi connectivity index (χ1) is 11.2. The molecule has 0 amide bonds. The number of ketones is 1. The maximum absolute atomic E-state index is 13.4. The van der Waals surface area contributed by atoms with Gasteiger partial charge in [0.2, 0.25) is 5.78 Å². The van der Waals surface area contributed by atoms with Crippen LogP contribution in [0.5, 0.6) is 0 Å². The van der Waals surface area contributed by atoms with Gasteiger partial charge in [-0.15, -0.1) is 5.73 Å². The van der Waals surface area contributed by atoms with E-state index in [0.29, 0.717) is 12.5 Å². The van der Waals surface area contributed by atoms with Crippen LogP contribution in [0.2, 0.25) is 0 Å². The van der Waals surface area contributed by atoms with E-state index in [2.05, 4.69) is 0 Å². The summed E-state index contributed by atoms with van der Waals surface area (Å²) < 4.78 is 115. The fraction of sp³-hybridized carbons (Fsp3) is 0.333. The summed E-state index contributed by atoms with van der Waals surface area (Å²) in [4.78, 5) is 11.4. The van der Waals surface area contributed by atoms with Crippen LogP contribution in [0.25, 0.3) is 6.08 Å². The summed E-state index contributed by atoms with van der Waals surface area (Å²) >= 11 is 0. The smallest absolute Gasteiger partial charge is 0.287 e. The van der Waals surface area contributed by atoms with Crippen molar-refractivity contribution in [3.8, 4) is 0 Å². The summed E-state index contributed by atoms with van der Waals surface area (Å²) in [5, 5.41) is 0. The second-order valence-corrected chi connectivity index (χ2v) is 4.87. The Hall–Kier alpha value is -2.22. The van der Waals surface area contributed by atoms with Crippen LogP contribution in [0, 0.1) is 0 Å². The van der Waals surface area contributed by atoms with Crippen LogP contribution in [-0.2, 0) is 4.79 Å². The number of carbonyl (C=O) groups is 1. The number of rotatable bonds is 5. The van der Waals surface area contributed by atoms with Crippen LogP contribution in [-0.4, -0.2) is 29.7 Å². The molecule has 0 spiro atoms. The molecule has 0 heterocycles. The molecule has 0 bridgehead atoms. The molecule has 1 aromatic carbocycles. The van der Waals surface area contributed by atoms with E-state index in [9.17, 15) is 44.3 Å². The molecule has 0 aromatic heterocycles. The Morgan fingerprint density at radius 2 is 1.36 bits per heavy atom. The number of halogens is 9. The Labute approximate surface area is 135 Å². The minimum atomic E-state index is -7.11. The molecule has 10 heteroatoms. The normalized spacial score (nSPS) is 13.2. The van der Waals surface area contributed by atoms with Crippen molar-refractivity contribution >= 4 is 11.9 Å². The lowest BCUT2D eigenvalue weighted by Gasteiger charge is -2.32. The Kier molecular flexibility index (Phi) is 5.49. The minimum Gasteiger partial charge on any atom is -0.287 e. The zero-order valence-corrected chi connectivity index (χ0v) is 12.3. The van der Waals surface area contributed by atoms with E-state index in [1.54, 1.807) is 6.07 Å². The Bertz CT molecular complexity index is 695. The molecule has 0 atom stereocenters. The van der Waals surface area contributed by atoms with E-state index in [1.165, 1.54) is 24.3 Å². The van der Waals surface area contributed by atoms with Gasteiger partial charge in [-0.2, -0.15) is 39.5 Å². The standard InChI is InChI=1S/C15H9F9O/c1-9(7-8-10-5-3-2-4-6-10)11(25)12(16,17)13(18,19)14(20,21)15(22,23)24/h2-6,8H,1H3. The number of carbonyl (C=O) groups excluding carboxylic acids is 1. The molecule has 138 valence electrons. The van der Waals surface area contributed by atoms with Crippen LogP contribution in [0.3, 0.4) is 0 Å². The fourth-order valence-electron chi connectivity index (χ4n) is 1.56. The van der Waals surface area contributed by atoms with Gasteiger partial charge in [0.25, 0.3) is 0 Å². The topological polar surface area (TPSA) is 17.1 Å². The van der Waals surface area contributed by atoms with E-state index in [0.717, 1.165) is 6.08 Å². The summed E-state index contributed by atoms with van der Waals surface area (Å²) in [6.07, 6.45) is -6.07. The monoisotopic (exact) mass is 376 g/mol. The summed E-state index contributed by atoms with van der Waals surface area (Å²) in [5.74, 6) is -23.3. The van der Waals surface area contributed by atoms with E-state index in [1.807, 2.05) is 5.73 Å². The maximum Gasteiger partial charge on any atom is 0.460 e. The molecule has 1 nitrogen and oxygen atoms in total. The number of alkyl halides is 9. The molecule has 1 rings (SSSR count). The van der Waals surface area contributed by atoms with Crippen molar-refractivity contribution in [1.82, 2.24) is 0 Å². The maximum atomic E-state index is 13.4. The van der Waals surface area contributed by atoms with Crippen molar-refractivity contribution in [1.29, 1.82) is 0 Å². The minimum absolute atomic E-state index is 0.297. The predicted molar refractivity (Wildman–Crippen MR) is 69.5 cm³/mol. The first kappa shape index (κ1) is 20.8. The van der Waals surface area contributed by atoms with Crippen LogP contribution >= 0.6 is 0 Å². The number of Topliss-reactive ketones (excluding diaryl/α,β-unsaturated/α-hetero) is 1. The molecule has 0 saturated carbocycles. The van der Waals surface area contributed by atoms with Crippen molar-refractivity contribution in [2.45, 2.75) is 30.9 Å². The molecule has 0 saturated heterocycles. The lowest BCUT2D eigenvalue weighted by Crippen LogP contribution is -2.63. The summed E-state index contributed by atoms with van der Waals surface area (Å²) in [7, 11) is 0. The predicted octanol–water partition coefficient (Wildman–Crippen LogP) is 5.28. The highest BCUT2D eigenvalue weighted by Crippen LogP contribution is 2.53. The average molecular weight is 376 g/mol. The highest BCUT2D eigenvalue weighted by Gasteiger charge is 2.83. The first-order valence-corrected chi connectivity index (χ1v) is 6.39. The summed E-state index contributed by atoms with van der Waals surface area (Å²) in [5.41, 5.74) is 0.922. The number of hydrogen-bond acceptors (Lipinski definition) is 1. The van der Waals surface area contributed by atoms with E-state index in [4.69, 9.17) is 0 Å². The van der Waals surface area contributed by atoms with E-state index >= 15 is 0 Å². The third-order valence-electron chi connectivity index (χ3n) is 3.03. The van der Waals surface area contributed by atoms with Crippen molar-refractivity contribution in [3.05, 3.63) is 47.2 Å². The number of hydrogen-bond donors (Lipinski definition) is 0. The molecule has 0 aliphatic carbocycles. The van der Waals surface area contributed by atoms with Gasteiger partial charge in [0, 0.05) is 5.57 Å². The lowest BCUT2D eigenvalue weighted by atomic mass is 9.96. The largest absolute Gasteiger partial charge is 0.460 e. The van der Waals surface area contributed by atoms with Crippen LogP contribution in [0.1, 0.15) is 12.5 Å². The Balaban J connectivity index is 3.28. The molecule has 0 aliphatic rings. The van der Waals surface area contributed by atoms with E-state index in [-0.39, 0.29) is 0 Å². The van der Waals surface area contributed by atoms with Gasteiger partial charge < -0.3 is 0 Å². The quantitative estimate of drug-likeness (QED) is 0.388. The highest BCUT2D eigenvalue weighted by molar-refractivity contribution is 6.01. The van der Waals surface area contributed by atoms with Crippen LogP contribution in [0.4, 0.5) is 39.5 Å². The van der Waals surface area contributed by atoms with Gasteiger partial charge in [-0.1, -0.05) is 30.3 Å². The van der Waals surface area contributed by atoms with Gasteiger partial charge in [0.05, 0.1) is 0 Å². The molecule has 0 fully saturated rings. The first-order valence-electron chi connectivity index (χ1n) is 6.39. The zero-order chi connectivity index (χ0) is 19.7. The second kappa shape index (κ2) is 6.59. The molecule has 0 radical (unpaired) electrons. The highest BCUT2D eigenvalue weighted by atomic mass is 19.4. The molecule has 0 N–H and O–H groups in total. The molecular weight excluding hydrogens is 367 g/mol. The second-order valence-electron chi connectivity index (χ2n) is 4.87. The Morgan fingerprint density at radius 3 is 1.80 bits per heavy atom. The van der Waals surface area contributed by atoms with Gasteiger partial charge in [0.15, 0.2) is 0 Å². The van der Waals surface area contributed by atoms with Gasteiger partial charge >= 0.3 is 23.9 Å². The van der Waals surface area contributed by atoms with Gasteiger partial charge in [-0.3, -0.25) is 4.79 Å². The van der Waals surface area contributed by atoms with Gasteiger partial charge in [-0.25, -0.2) is 0 Å². The van der Waals surface area contributed by atoms with E-state index < -0.39 is 35.3 Å². The van der Waals surface area contributed by atoms with Gasteiger partial charge in [-0.05, 0) is 18.6 Å².